The Morgan fingerprint density at radius 1 is 1.47 bits per heavy atom. The SMILES string of the molecule is CC[C@@H](NC(=O)c1ccc(C)c(O)c1)C1CC(O)C1. The number of nitrogens with one attached hydrogen (secondary N) is 1. The van der Waals surface area contributed by atoms with Gasteiger partial charge in [0.05, 0.1) is 6.10 Å². The minimum atomic E-state index is -0.209. The zero-order valence-electron chi connectivity index (χ0n) is 11.4. The van der Waals surface area contributed by atoms with Crippen molar-refractivity contribution in [3.8, 4) is 5.75 Å². The standard InChI is InChI=1S/C15H21NO3/c1-3-13(11-6-12(17)7-11)16-15(19)10-5-4-9(2)14(18)8-10/h4-5,8,11-13,17-18H,3,6-7H2,1-2H3,(H,16,19)/t11?,12?,13-/m1/s1. The molecule has 3 N–H and O–H groups in total. The molecule has 0 bridgehead atoms. The van der Waals surface area contributed by atoms with Crippen LogP contribution in [0.1, 0.15) is 42.1 Å². The van der Waals surface area contributed by atoms with Crippen LogP contribution in [0.4, 0.5) is 0 Å². The molecule has 1 atom stereocenters. The van der Waals surface area contributed by atoms with Crippen molar-refractivity contribution in [2.75, 3.05) is 0 Å². The summed E-state index contributed by atoms with van der Waals surface area (Å²) in [6, 6.07) is 5.04. The van der Waals surface area contributed by atoms with E-state index in [1.807, 2.05) is 6.92 Å². The quantitative estimate of drug-likeness (QED) is 0.778. The van der Waals surface area contributed by atoms with E-state index in [9.17, 15) is 15.0 Å². The van der Waals surface area contributed by atoms with Crippen molar-refractivity contribution < 1.29 is 15.0 Å². The number of aliphatic hydroxyl groups is 1. The molecule has 1 aromatic rings. The normalized spacial score (nSPS) is 23.5. The summed E-state index contributed by atoms with van der Waals surface area (Å²) in [4.78, 5) is 12.1. The molecule has 0 aliphatic heterocycles. The lowest BCUT2D eigenvalue weighted by Crippen LogP contribution is -2.46. The fourth-order valence-corrected chi connectivity index (χ4v) is 2.51. The Kier molecular flexibility index (Phi) is 4.10. The van der Waals surface area contributed by atoms with Gasteiger partial charge in [-0.15, -0.1) is 0 Å². The van der Waals surface area contributed by atoms with Gasteiger partial charge in [-0.3, -0.25) is 4.79 Å². The summed E-state index contributed by atoms with van der Waals surface area (Å²) >= 11 is 0. The van der Waals surface area contributed by atoms with Crippen molar-refractivity contribution in [1.29, 1.82) is 0 Å². The lowest BCUT2D eigenvalue weighted by atomic mass is 9.76. The van der Waals surface area contributed by atoms with Crippen molar-refractivity contribution in [3.63, 3.8) is 0 Å². The second kappa shape index (κ2) is 5.61. The fraction of sp³-hybridized carbons (Fsp3) is 0.533. The number of benzene rings is 1. The summed E-state index contributed by atoms with van der Waals surface area (Å²) in [5, 5.41) is 22.0. The number of hydrogen-bond acceptors (Lipinski definition) is 3. The van der Waals surface area contributed by atoms with E-state index in [1.54, 1.807) is 19.1 Å². The van der Waals surface area contributed by atoms with Gasteiger partial charge < -0.3 is 15.5 Å². The molecule has 4 heteroatoms. The average Bonchev–Trinajstić information content (AvgIpc) is 2.35. The molecule has 4 nitrogen and oxygen atoms in total. The first-order valence-corrected chi connectivity index (χ1v) is 6.79. The van der Waals surface area contributed by atoms with Gasteiger partial charge in [0.2, 0.25) is 0 Å². The summed E-state index contributed by atoms with van der Waals surface area (Å²) in [5.41, 5.74) is 1.23. The molecule has 19 heavy (non-hydrogen) atoms. The monoisotopic (exact) mass is 263 g/mol. The maximum absolute atomic E-state index is 12.1. The molecular weight excluding hydrogens is 242 g/mol. The second-order valence-electron chi connectivity index (χ2n) is 5.37. The maximum atomic E-state index is 12.1. The predicted molar refractivity (Wildman–Crippen MR) is 73.1 cm³/mol. The van der Waals surface area contributed by atoms with E-state index in [0.29, 0.717) is 11.5 Å². The Balaban J connectivity index is 2.00. The molecule has 0 aromatic heterocycles. The molecule has 1 fully saturated rings. The summed E-state index contributed by atoms with van der Waals surface area (Å²) in [7, 11) is 0. The lowest BCUT2D eigenvalue weighted by molar-refractivity contribution is 0.0232. The maximum Gasteiger partial charge on any atom is 0.251 e. The third kappa shape index (κ3) is 3.07. The lowest BCUT2D eigenvalue weighted by Gasteiger charge is -2.37. The van der Waals surface area contributed by atoms with Crippen LogP contribution >= 0.6 is 0 Å². The Bertz CT molecular complexity index is 466. The Hall–Kier alpha value is -1.55. The smallest absolute Gasteiger partial charge is 0.251 e. The van der Waals surface area contributed by atoms with Gasteiger partial charge in [0.25, 0.3) is 5.91 Å². The highest BCUT2D eigenvalue weighted by molar-refractivity contribution is 5.94. The van der Waals surface area contributed by atoms with Crippen LogP contribution in [-0.2, 0) is 0 Å². The molecule has 0 heterocycles. The molecule has 1 aliphatic rings. The number of phenols is 1. The van der Waals surface area contributed by atoms with E-state index in [2.05, 4.69) is 5.32 Å². The Morgan fingerprint density at radius 2 is 2.16 bits per heavy atom. The molecular formula is C15H21NO3. The third-order valence-electron chi connectivity index (χ3n) is 3.95. The van der Waals surface area contributed by atoms with Crippen molar-refractivity contribution in [2.24, 2.45) is 5.92 Å². The predicted octanol–water partition coefficient (Wildman–Crippen LogP) is 1.98. The molecule has 0 unspecified atom stereocenters. The second-order valence-corrected chi connectivity index (χ2v) is 5.37. The number of aromatic hydroxyl groups is 1. The first kappa shape index (κ1) is 13.9. The van der Waals surface area contributed by atoms with E-state index >= 15 is 0 Å². The topological polar surface area (TPSA) is 69.6 Å². The number of carbonyl (C=O) groups is 1. The van der Waals surface area contributed by atoms with Gasteiger partial charge in [-0.1, -0.05) is 13.0 Å². The van der Waals surface area contributed by atoms with Gasteiger partial charge in [0.1, 0.15) is 5.75 Å². The molecule has 104 valence electrons. The van der Waals surface area contributed by atoms with Gasteiger partial charge >= 0.3 is 0 Å². The Morgan fingerprint density at radius 3 is 2.68 bits per heavy atom. The van der Waals surface area contributed by atoms with Gasteiger partial charge in [-0.05, 0) is 49.8 Å². The minimum absolute atomic E-state index is 0.0966. The highest BCUT2D eigenvalue weighted by atomic mass is 16.3. The van der Waals surface area contributed by atoms with E-state index < -0.39 is 0 Å². The van der Waals surface area contributed by atoms with Gasteiger partial charge in [-0.25, -0.2) is 0 Å². The fourth-order valence-electron chi connectivity index (χ4n) is 2.51. The molecule has 2 rings (SSSR count). The van der Waals surface area contributed by atoms with Gasteiger partial charge in [0.15, 0.2) is 0 Å². The van der Waals surface area contributed by atoms with Crippen LogP contribution in [0, 0.1) is 12.8 Å². The average molecular weight is 263 g/mol. The van der Waals surface area contributed by atoms with Crippen molar-refractivity contribution in [3.05, 3.63) is 29.3 Å². The first-order chi connectivity index (χ1) is 9.01. The summed E-state index contributed by atoms with van der Waals surface area (Å²) in [5.74, 6) is 0.339. The van der Waals surface area contributed by atoms with Gasteiger partial charge in [-0.2, -0.15) is 0 Å². The highest BCUT2D eigenvalue weighted by Gasteiger charge is 2.33. The van der Waals surface area contributed by atoms with Crippen LogP contribution in [0.3, 0.4) is 0 Å². The summed E-state index contributed by atoms with van der Waals surface area (Å²) < 4.78 is 0. The molecule has 0 radical (unpaired) electrons. The van der Waals surface area contributed by atoms with Crippen LogP contribution in [0.5, 0.6) is 5.75 Å². The molecule has 1 amide bonds. The number of aryl methyl sites for hydroxylation is 1. The molecule has 1 aromatic carbocycles. The van der Waals surface area contributed by atoms with E-state index in [0.717, 1.165) is 24.8 Å². The van der Waals surface area contributed by atoms with Crippen LogP contribution in [0.2, 0.25) is 0 Å². The van der Waals surface area contributed by atoms with Crippen LogP contribution < -0.4 is 5.32 Å². The summed E-state index contributed by atoms with van der Waals surface area (Å²) in [6.45, 7) is 3.82. The number of carbonyl (C=O) groups excluding carboxylic acids is 1. The van der Waals surface area contributed by atoms with Crippen molar-refractivity contribution >= 4 is 5.91 Å². The molecule has 1 aliphatic carbocycles. The number of phenolic OH excluding ortho intramolecular Hbond substituents is 1. The third-order valence-corrected chi connectivity index (χ3v) is 3.95. The van der Waals surface area contributed by atoms with E-state index in [4.69, 9.17) is 0 Å². The zero-order chi connectivity index (χ0) is 14.0. The van der Waals surface area contributed by atoms with Crippen LogP contribution in [-0.4, -0.2) is 28.3 Å². The van der Waals surface area contributed by atoms with E-state index in [-0.39, 0.29) is 23.8 Å². The largest absolute Gasteiger partial charge is 0.508 e. The number of rotatable bonds is 4. The number of aliphatic hydroxyl groups excluding tert-OH is 1. The number of amides is 1. The molecule has 0 saturated heterocycles. The zero-order valence-corrected chi connectivity index (χ0v) is 11.4. The van der Waals surface area contributed by atoms with Gasteiger partial charge in [0, 0.05) is 11.6 Å². The first-order valence-electron chi connectivity index (χ1n) is 6.79. The van der Waals surface area contributed by atoms with Crippen LogP contribution in [0.15, 0.2) is 18.2 Å². The molecule has 0 spiro atoms. The Labute approximate surface area is 113 Å². The highest BCUT2D eigenvalue weighted by Crippen LogP contribution is 2.31. The van der Waals surface area contributed by atoms with E-state index in [1.165, 1.54) is 6.07 Å². The van der Waals surface area contributed by atoms with Crippen LogP contribution in [0.25, 0.3) is 0 Å². The van der Waals surface area contributed by atoms with Crippen molar-refractivity contribution in [2.45, 2.75) is 45.3 Å². The summed E-state index contributed by atoms with van der Waals surface area (Å²) in [6.07, 6.45) is 2.16. The number of hydrogen-bond donors (Lipinski definition) is 3. The molecule has 1 saturated carbocycles. The van der Waals surface area contributed by atoms with Crippen molar-refractivity contribution in [1.82, 2.24) is 5.32 Å². The minimum Gasteiger partial charge on any atom is -0.508 e.